The van der Waals surface area contributed by atoms with Crippen LogP contribution in [0.1, 0.15) is 58.3 Å². The molecule has 0 aromatic heterocycles. The quantitative estimate of drug-likeness (QED) is 0.749. The highest BCUT2D eigenvalue weighted by Crippen LogP contribution is 2.17. The van der Waals surface area contributed by atoms with E-state index in [0.29, 0.717) is 6.04 Å². The van der Waals surface area contributed by atoms with Crippen molar-refractivity contribution in [3.63, 3.8) is 0 Å². The van der Waals surface area contributed by atoms with Crippen LogP contribution < -0.4 is 5.32 Å². The monoisotopic (exact) mass is 194 g/mol. The van der Waals surface area contributed by atoms with Crippen LogP contribution in [0.2, 0.25) is 0 Å². The highest BCUT2D eigenvalue weighted by Gasteiger charge is 2.14. The number of hydrogen-bond donors (Lipinski definition) is 1. The van der Waals surface area contributed by atoms with Crippen LogP contribution in [0.25, 0.3) is 0 Å². The maximum Gasteiger partial charge on any atom is 0.0952 e. The van der Waals surface area contributed by atoms with E-state index < -0.39 is 0 Å². The molecule has 1 aliphatic rings. The van der Waals surface area contributed by atoms with Gasteiger partial charge in [-0.15, -0.1) is 0 Å². The first-order chi connectivity index (χ1) is 6.86. The van der Waals surface area contributed by atoms with Crippen molar-refractivity contribution in [2.75, 3.05) is 0 Å². The van der Waals surface area contributed by atoms with Gasteiger partial charge in [-0.25, -0.2) is 0 Å². The Bertz CT molecular complexity index is 175. The van der Waals surface area contributed by atoms with Crippen LogP contribution >= 0.6 is 0 Å². The van der Waals surface area contributed by atoms with E-state index in [0.717, 1.165) is 6.42 Å². The lowest BCUT2D eigenvalue weighted by Crippen LogP contribution is -2.37. The maximum absolute atomic E-state index is 8.87. The molecule has 0 aromatic rings. The van der Waals surface area contributed by atoms with Crippen molar-refractivity contribution in [3.05, 3.63) is 0 Å². The fourth-order valence-corrected chi connectivity index (χ4v) is 2.15. The molecule has 80 valence electrons. The Kier molecular flexibility index (Phi) is 5.63. The molecule has 1 saturated carbocycles. The van der Waals surface area contributed by atoms with Gasteiger partial charge in [-0.3, -0.25) is 5.32 Å². The second kappa shape index (κ2) is 6.84. The number of nitriles is 1. The first kappa shape index (κ1) is 11.5. The van der Waals surface area contributed by atoms with Gasteiger partial charge in [-0.05, 0) is 19.3 Å². The van der Waals surface area contributed by atoms with Gasteiger partial charge in [0.1, 0.15) is 0 Å². The number of nitrogens with one attached hydrogen (secondary N) is 1. The second-order valence-electron chi connectivity index (χ2n) is 4.30. The summed E-state index contributed by atoms with van der Waals surface area (Å²) in [6, 6.07) is 2.99. The van der Waals surface area contributed by atoms with E-state index in [4.69, 9.17) is 5.26 Å². The largest absolute Gasteiger partial charge is 0.299 e. The van der Waals surface area contributed by atoms with Gasteiger partial charge in [-0.2, -0.15) is 5.26 Å². The Balaban J connectivity index is 2.29. The Morgan fingerprint density at radius 3 is 2.29 bits per heavy atom. The number of rotatable bonds is 3. The zero-order valence-electron chi connectivity index (χ0n) is 9.26. The summed E-state index contributed by atoms with van der Waals surface area (Å²) in [5.74, 6) is 0. The molecule has 0 amide bonds. The molecule has 2 nitrogen and oxygen atoms in total. The number of nitrogens with zero attached hydrogens (tertiary/aromatic N) is 1. The van der Waals surface area contributed by atoms with E-state index in [1.54, 1.807) is 0 Å². The highest BCUT2D eigenvalue weighted by molar-refractivity contribution is 4.90. The minimum absolute atomic E-state index is 0.0689. The van der Waals surface area contributed by atoms with Crippen molar-refractivity contribution in [3.8, 4) is 6.07 Å². The molecule has 0 saturated heterocycles. The summed E-state index contributed by atoms with van der Waals surface area (Å²) in [6.45, 7) is 2.07. The average molecular weight is 194 g/mol. The van der Waals surface area contributed by atoms with Gasteiger partial charge in [0.25, 0.3) is 0 Å². The molecule has 0 bridgehead atoms. The fraction of sp³-hybridized carbons (Fsp3) is 0.917. The van der Waals surface area contributed by atoms with Gasteiger partial charge < -0.3 is 0 Å². The first-order valence-corrected chi connectivity index (χ1v) is 6.02. The average Bonchev–Trinajstić information content (AvgIpc) is 2.16. The maximum atomic E-state index is 8.87. The van der Waals surface area contributed by atoms with Crippen LogP contribution in [0.3, 0.4) is 0 Å². The predicted molar refractivity (Wildman–Crippen MR) is 58.9 cm³/mol. The van der Waals surface area contributed by atoms with Crippen molar-refractivity contribution in [1.82, 2.24) is 5.32 Å². The summed E-state index contributed by atoms with van der Waals surface area (Å²) >= 11 is 0. The van der Waals surface area contributed by atoms with Crippen molar-refractivity contribution in [1.29, 1.82) is 5.26 Å². The summed E-state index contributed by atoms with van der Waals surface area (Å²) in [6.07, 6.45) is 10.3. The summed E-state index contributed by atoms with van der Waals surface area (Å²) in [5, 5.41) is 12.3. The van der Waals surface area contributed by atoms with Gasteiger partial charge in [-0.1, -0.05) is 39.0 Å². The van der Waals surface area contributed by atoms with Crippen molar-refractivity contribution in [2.24, 2.45) is 0 Å². The van der Waals surface area contributed by atoms with E-state index in [9.17, 15) is 0 Å². The summed E-state index contributed by atoms with van der Waals surface area (Å²) in [5.41, 5.74) is 0. The lowest BCUT2D eigenvalue weighted by molar-refractivity contribution is 0.370. The van der Waals surface area contributed by atoms with Crippen LogP contribution in [0.4, 0.5) is 0 Å². The molecule has 0 spiro atoms. The highest BCUT2D eigenvalue weighted by atomic mass is 14.9. The van der Waals surface area contributed by atoms with E-state index in [1.807, 2.05) is 0 Å². The van der Waals surface area contributed by atoms with Crippen LogP contribution in [0.5, 0.6) is 0 Å². The molecule has 1 fully saturated rings. The zero-order chi connectivity index (χ0) is 10.2. The standard InChI is InChI=1S/C12H22N2/c1-2-11(10-13)14-12-8-6-4-3-5-7-9-12/h11-12,14H,2-9H2,1H3. The summed E-state index contributed by atoms with van der Waals surface area (Å²) < 4.78 is 0. The Morgan fingerprint density at radius 1 is 1.21 bits per heavy atom. The molecule has 0 aromatic carbocycles. The minimum Gasteiger partial charge on any atom is -0.299 e. The second-order valence-corrected chi connectivity index (χ2v) is 4.30. The van der Waals surface area contributed by atoms with Crippen LogP contribution in [0.15, 0.2) is 0 Å². The lowest BCUT2D eigenvalue weighted by atomic mass is 9.96. The molecule has 0 heterocycles. The molecule has 2 heteroatoms. The predicted octanol–water partition coefficient (Wildman–Crippen LogP) is 2.99. The normalized spacial score (nSPS) is 22.0. The van der Waals surface area contributed by atoms with Gasteiger partial charge >= 0.3 is 0 Å². The van der Waals surface area contributed by atoms with Gasteiger partial charge in [0, 0.05) is 6.04 Å². The van der Waals surface area contributed by atoms with Gasteiger partial charge in [0.2, 0.25) is 0 Å². The van der Waals surface area contributed by atoms with Crippen LogP contribution in [-0.2, 0) is 0 Å². The molecule has 1 aliphatic carbocycles. The smallest absolute Gasteiger partial charge is 0.0952 e. The molecular formula is C12H22N2. The summed E-state index contributed by atoms with van der Waals surface area (Å²) in [7, 11) is 0. The van der Waals surface area contributed by atoms with Gasteiger partial charge in [0.05, 0.1) is 12.1 Å². The molecular weight excluding hydrogens is 172 g/mol. The van der Waals surface area contributed by atoms with E-state index in [1.165, 1.54) is 44.9 Å². The Hall–Kier alpha value is -0.550. The summed E-state index contributed by atoms with van der Waals surface area (Å²) in [4.78, 5) is 0. The van der Waals surface area contributed by atoms with Gasteiger partial charge in [0.15, 0.2) is 0 Å². The van der Waals surface area contributed by atoms with E-state index in [2.05, 4.69) is 18.3 Å². The Morgan fingerprint density at radius 2 is 1.79 bits per heavy atom. The van der Waals surface area contributed by atoms with E-state index in [-0.39, 0.29) is 6.04 Å². The molecule has 14 heavy (non-hydrogen) atoms. The van der Waals surface area contributed by atoms with E-state index >= 15 is 0 Å². The molecule has 1 unspecified atom stereocenters. The molecule has 0 radical (unpaired) electrons. The third-order valence-corrected chi connectivity index (χ3v) is 3.11. The molecule has 0 aliphatic heterocycles. The third-order valence-electron chi connectivity index (χ3n) is 3.11. The Labute approximate surface area is 87.7 Å². The molecule has 1 N–H and O–H groups in total. The van der Waals surface area contributed by atoms with Crippen molar-refractivity contribution >= 4 is 0 Å². The van der Waals surface area contributed by atoms with Crippen LogP contribution in [0, 0.1) is 11.3 Å². The minimum atomic E-state index is 0.0689. The third kappa shape index (κ3) is 4.11. The van der Waals surface area contributed by atoms with Crippen LogP contribution in [-0.4, -0.2) is 12.1 Å². The van der Waals surface area contributed by atoms with Crippen molar-refractivity contribution in [2.45, 2.75) is 70.4 Å². The topological polar surface area (TPSA) is 35.8 Å². The fourth-order valence-electron chi connectivity index (χ4n) is 2.15. The lowest BCUT2D eigenvalue weighted by Gasteiger charge is -2.23. The SMILES string of the molecule is CCC(C#N)NC1CCCCCCC1. The first-order valence-electron chi connectivity index (χ1n) is 6.02. The molecule has 1 rings (SSSR count). The van der Waals surface area contributed by atoms with Crippen molar-refractivity contribution < 1.29 is 0 Å². The molecule has 1 atom stereocenters. The number of hydrogen-bond acceptors (Lipinski definition) is 2. The zero-order valence-corrected chi connectivity index (χ0v) is 9.26.